The van der Waals surface area contributed by atoms with Crippen LogP contribution in [0.5, 0.6) is 0 Å². The number of hydrogen-bond acceptors (Lipinski definition) is 8. The Hall–Kier alpha value is -3.91. The van der Waals surface area contributed by atoms with Gasteiger partial charge in [-0.05, 0) is 57.0 Å². The third-order valence-electron chi connectivity index (χ3n) is 5.77. The summed E-state index contributed by atoms with van der Waals surface area (Å²) in [6, 6.07) is 5.13. The molecule has 0 saturated heterocycles. The molecule has 0 saturated carbocycles. The number of nitrogens with two attached hydrogens (primary N) is 2. The van der Waals surface area contributed by atoms with Gasteiger partial charge in [-0.3, -0.25) is 14.4 Å². The Kier molecular flexibility index (Phi) is 22.4. The van der Waals surface area contributed by atoms with E-state index in [0.29, 0.717) is 38.2 Å². The van der Waals surface area contributed by atoms with E-state index in [0.717, 1.165) is 18.4 Å². The quantitative estimate of drug-likeness (QED) is 0.114. The van der Waals surface area contributed by atoms with E-state index in [1.807, 2.05) is 0 Å². The summed E-state index contributed by atoms with van der Waals surface area (Å²) in [6.07, 6.45) is 4.04. The molecule has 0 aromatic heterocycles. The standard InChI is InChI=1S/C26H44N8O6.C3H8/c1-29-15-16-34(2)26(39)40-18-19-9-11-20(12-10-19)32-24(37)21(7-6-14-30-25(28)38)33-23(36)17-31-22(35)8-4-3-5-13-27;1-3-2/h9-12,21,29H,3-8,13-18,27H2,1-2H3,(H,31,35)(H,32,37)(H,33,36)(H3,28,30,38);3H2,1-2H3. The first-order valence-electron chi connectivity index (χ1n) is 14.8. The van der Waals surface area contributed by atoms with Crippen molar-refractivity contribution in [3.63, 3.8) is 0 Å². The molecule has 1 unspecified atom stereocenters. The van der Waals surface area contributed by atoms with Gasteiger partial charge in [0, 0.05) is 38.8 Å². The van der Waals surface area contributed by atoms with E-state index in [4.69, 9.17) is 16.2 Å². The fourth-order valence-electron chi connectivity index (χ4n) is 3.45. The molecule has 1 aromatic carbocycles. The Morgan fingerprint density at radius 2 is 1.60 bits per heavy atom. The van der Waals surface area contributed by atoms with Gasteiger partial charge in [0.1, 0.15) is 12.6 Å². The Labute approximate surface area is 255 Å². The summed E-state index contributed by atoms with van der Waals surface area (Å²) in [7, 11) is 3.45. The molecule has 43 heavy (non-hydrogen) atoms. The van der Waals surface area contributed by atoms with Gasteiger partial charge in [-0.1, -0.05) is 38.8 Å². The van der Waals surface area contributed by atoms with E-state index in [1.165, 1.54) is 11.3 Å². The fraction of sp³-hybridized carbons (Fsp3) is 0.621. The van der Waals surface area contributed by atoms with Crippen LogP contribution in [0.15, 0.2) is 24.3 Å². The lowest BCUT2D eigenvalue weighted by atomic mass is 10.1. The van der Waals surface area contributed by atoms with Crippen molar-refractivity contribution in [2.45, 2.75) is 71.4 Å². The summed E-state index contributed by atoms with van der Waals surface area (Å²) >= 11 is 0. The first kappa shape index (κ1) is 39.1. The number of benzene rings is 1. The average Bonchev–Trinajstić information content (AvgIpc) is 2.98. The van der Waals surface area contributed by atoms with E-state index in [9.17, 15) is 24.0 Å². The highest BCUT2D eigenvalue weighted by atomic mass is 16.6. The highest BCUT2D eigenvalue weighted by molar-refractivity contribution is 5.97. The monoisotopic (exact) mass is 608 g/mol. The first-order chi connectivity index (χ1) is 20.6. The van der Waals surface area contributed by atoms with Gasteiger partial charge in [-0.25, -0.2) is 9.59 Å². The molecule has 6 amide bonds. The number of likely N-dealkylation sites (N-methyl/N-ethyl adjacent to an activating group) is 2. The van der Waals surface area contributed by atoms with Crippen LogP contribution < -0.4 is 38.1 Å². The van der Waals surface area contributed by atoms with Gasteiger partial charge in [0.15, 0.2) is 0 Å². The van der Waals surface area contributed by atoms with Crippen LogP contribution in [0.2, 0.25) is 0 Å². The van der Waals surface area contributed by atoms with Crippen LogP contribution >= 0.6 is 0 Å². The number of unbranched alkanes of at least 4 members (excludes halogenated alkanes) is 2. The smallest absolute Gasteiger partial charge is 0.409 e. The van der Waals surface area contributed by atoms with Gasteiger partial charge in [0.05, 0.1) is 6.54 Å². The number of hydrogen-bond donors (Lipinski definition) is 7. The van der Waals surface area contributed by atoms with Crippen LogP contribution in [0.3, 0.4) is 0 Å². The van der Waals surface area contributed by atoms with Crippen LogP contribution in [-0.4, -0.2) is 87.6 Å². The number of amides is 6. The number of rotatable bonds is 19. The fourth-order valence-corrected chi connectivity index (χ4v) is 3.45. The van der Waals surface area contributed by atoms with Crippen molar-refractivity contribution < 1.29 is 28.7 Å². The summed E-state index contributed by atoms with van der Waals surface area (Å²) in [5.41, 5.74) is 11.7. The molecule has 9 N–H and O–H groups in total. The normalized spacial score (nSPS) is 10.8. The molecular weight excluding hydrogens is 556 g/mol. The van der Waals surface area contributed by atoms with Gasteiger partial charge < -0.3 is 47.7 Å². The molecule has 0 spiro atoms. The Bertz CT molecular complexity index is 961. The van der Waals surface area contributed by atoms with Crippen LogP contribution in [0.25, 0.3) is 0 Å². The number of ether oxygens (including phenoxy) is 1. The van der Waals surface area contributed by atoms with Gasteiger partial charge in [-0.15, -0.1) is 0 Å². The zero-order valence-electron chi connectivity index (χ0n) is 26.1. The van der Waals surface area contributed by atoms with E-state index in [2.05, 4.69) is 40.4 Å². The molecule has 0 heterocycles. The maximum absolute atomic E-state index is 13.0. The molecule has 1 aromatic rings. The number of urea groups is 1. The van der Waals surface area contributed by atoms with Gasteiger partial charge >= 0.3 is 12.1 Å². The molecule has 14 heteroatoms. The Morgan fingerprint density at radius 1 is 0.930 bits per heavy atom. The van der Waals surface area contributed by atoms with Crippen molar-refractivity contribution in [1.82, 2.24) is 26.2 Å². The number of nitrogens with zero attached hydrogens (tertiary/aromatic N) is 1. The summed E-state index contributed by atoms with van der Waals surface area (Å²) in [4.78, 5) is 61.8. The van der Waals surface area contributed by atoms with Crippen LogP contribution in [-0.2, 0) is 25.7 Å². The second-order valence-electron chi connectivity index (χ2n) is 9.90. The SMILES string of the molecule is CCC.CNCCN(C)C(=O)OCc1ccc(NC(=O)C(CCCNC(N)=O)NC(=O)CNC(=O)CCCCCN)cc1. The molecule has 0 aliphatic rings. The number of nitrogens with one attached hydrogen (secondary N) is 5. The number of carbonyl (C=O) groups is 5. The minimum atomic E-state index is -0.919. The Morgan fingerprint density at radius 3 is 2.21 bits per heavy atom. The third-order valence-corrected chi connectivity index (χ3v) is 5.77. The van der Waals surface area contributed by atoms with E-state index in [-0.39, 0.29) is 38.4 Å². The minimum absolute atomic E-state index is 0.0707. The molecule has 1 atom stereocenters. The lowest BCUT2D eigenvalue weighted by Gasteiger charge is -2.19. The summed E-state index contributed by atoms with van der Waals surface area (Å²) in [6.45, 7) is 6.01. The Balaban J connectivity index is 0.00000562. The third kappa shape index (κ3) is 20.6. The van der Waals surface area contributed by atoms with Crippen LogP contribution in [0.1, 0.15) is 64.4 Å². The topological polar surface area (TPSA) is 210 Å². The van der Waals surface area contributed by atoms with Crippen molar-refractivity contribution in [2.75, 3.05) is 52.1 Å². The zero-order chi connectivity index (χ0) is 32.5. The molecule has 0 aliphatic carbocycles. The molecule has 0 bridgehead atoms. The first-order valence-corrected chi connectivity index (χ1v) is 14.8. The lowest BCUT2D eigenvalue weighted by Crippen LogP contribution is -2.47. The van der Waals surface area contributed by atoms with Gasteiger partial charge in [0.2, 0.25) is 17.7 Å². The number of carbonyl (C=O) groups excluding carboxylic acids is 5. The summed E-state index contributed by atoms with van der Waals surface area (Å²) in [5.74, 6) is -1.24. The van der Waals surface area contributed by atoms with E-state index in [1.54, 1.807) is 38.4 Å². The molecule has 1 rings (SSSR count). The minimum Gasteiger partial charge on any atom is -0.445 e. The molecule has 0 radical (unpaired) electrons. The van der Waals surface area contributed by atoms with E-state index < -0.39 is 30.0 Å². The average molecular weight is 609 g/mol. The molecular formula is C29H52N8O6. The van der Waals surface area contributed by atoms with E-state index >= 15 is 0 Å². The maximum atomic E-state index is 13.0. The lowest BCUT2D eigenvalue weighted by molar-refractivity contribution is -0.128. The molecule has 244 valence electrons. The summed E-state index contributed by atoms with van der Waals surface area (Å²) < 4.78 is 5.28. The highest BCUT2D eigenvalue weighted by Gasteiger charge is 2.21. The predicted molar refractivity (Wildman–Crippen MR) is 167 cm³/mol. The van der Waals surface area contributed by atoms with Crippen molar-refractivity contribution in [3.8, 4) is 0 Å². The van der Waals surface area contributed by atoms with Crippen molar-refractivity contribution >= 4 is 35.5 Å². The zero-order valence-corrected chi connectivity index (χ0v) is 26.1. The second-order valence-corrected chi connectivity index (χ2v) is 9.90. The second kappa shape index (κ2) is 24.7. The van der Waals surface area contributed by atoms with Crippen LogP contribution in [0.4, 0.5) is 15.3 Å². The molecule has 0 aliphatic heterocycles. The molecule has 0 fully saturated rings. The van der Waals surface area contributed by atoms with Gasteiger partial charge in [0.25, 0.3) is 0 Å². The van der Waals surface area contributed by atoms with Crippen LogP contribution in [0, 0.1) is 0 Å². The predicted octanol–water partition coefficient (Wildman–Crippen LogP) is 1.40. The number of anilines is 1. The van der Waals surface area contributed by atoms with Crippen molar-refractivity contribution in [2.24, 2.45) is 11.5 Å². The van der Waals surface area contributed by atoms with Crippen molar-refractivity contribution in [3.05, 3.63) is 29.8 Å². The van der Waals surface area contributed by atoms with Gasteiger partial charge in [-0.2, -0.15) is 0 Å². The molecule has 14 nitrogen and oxygen atoms in total. The maximum Gasteiger partial charge on any atom is 0.409 e. The largest absolute Gasteiger partial charge is 0.445 e. The number of primary amides is 1. The highest BCUT2D eigenvalue weighted by Crippen LogP contribution is 2.12. The van der Waals surface area contributed by atoms with Crippen molar-refractivity contribution in [1.29, 1.82) is 0 Å². The summed E-state index contributed by atoms with van der Waals surface area (Å²) in [5, 5.41) is 13.3.